The molecular weight excluding hydrogens is 387 g/mol. The number of hydrogen-bond acceptors (Lipinski definition) is 2. The first-order valence-electron chi connectivity index (χ1n) is 6.97. The number of fused-ring (bicyclic) bond motifs is 2. The molecule has 3 rings (SSSR count). The Balaban J connectivity index is 0.00000147. The monoisotopic (exact) mass is 406 g/mol. The quantitative estimate of drug-likeness (QED) is 0.727. The predicted molar refractivity (Wildman–Crippen MR) is 91.6 cm³/mol. The zero-order valence-corrected chi connectivity index (χ0v) is 14.5. The Kier molecular flexibility index (Phi) is 5.31. The van der Waals surface area contributed by atoms with E-state index in [9.17, 15) is 4.79 Å². The van der Waals surface area contributed by atoms with Gasteiger partial charge in [-0.1, -0.05) is 12.1 Å². The molecule has 3 nitrogen and oxygen atoms in total. The lowest BCUT2D eigenvalue weighted by atomic mass is 10.1. The summed E-state index contributed by atoms with van der Waals surface area (Å²) >= 11 is 2.30. The molecule has 20 heavy (non-hydrogen) atoms. The highest BCUT2D eigenvalue weighted by molar-refractivity contribution is 14.1. The third-order valence-electron chi connectivity index (χ3n) is 4.31. The van der Waals surface area contributed by atoms with Crippen LogP contribution in [-0.4, -0.2) is 36.0 Å². The minimum absolute atomic E-state index is 0. The number of hydrogen-bond donors (Lipinski definition) is 1. The van der Waals surface area contributed by atoms with Crippen molar-refractivity contribution in [1.82, 2.24) is 10.2 Å². The maximum Gasteiger partial charge on any atom is 0.255 e. The largest absolute Gasteiger partial charge is 0.331 e. The van der Waals surface area contributed by atoms with Crippen molar-refractivity contribution < 1.29 is 4.79 Å². The topological polar surface area (TPSA) is 32.3 Å². The lowest BCUT2D eigenvalue weighted by Gasteiger charge is -2.28. The summed E-state index contributed by atoms with van der Waals surface area (Å²) in [6.07, 6.45) is 3.40. The average molecular weight is 407 g/mol. The van der Waals surface area contributed by atoms with E-state index < -0.39 is 0 Å². The van der Waals surface area contributed by atoms with Crippen LogP contribution in [0.1, 0.15) is 35.2 Å². The highest BCUT2D eigenvalue weighted by Crippen LogP contribution is 2.30. The molecular formula is C15H20ClIN2O. The Labute approximate surface area is 140 Å². The molecule has 2 heterocycles. The first-order valence-corrected chi connectivity index (χ1v) is 8.05. The zero-order chi connectivity index (χ0) is 13.4. The van der Waals surface area contributed by atoms with Gasteiger partial charge in [-0.2, -0.15) is 0 Å². The third kappa shape index (κ3) is 2.83. The summed E-state index contributed by atoms with van der Waals surface area (Å²) in [6.45, 7) is 4.05. The number of carbonyl (C=O) groups is 1. The van der Waals surface area contributed by atoms with Gasteiger partial charge in [0.2, 0.25) is 0 Å². The maximum atomic E-state index is 12.9. The van der Waals surface area contributed by atoms with Crippen LogP contribution in [0.4, 0.5) is 0 Å². The van der Waals surface area contributed by atoms with Crippen LogP contribution in [0.3, 0.4) is 0 Å². The number of halogens is 2. The number of benzene rings is 1. The van der Waals surface area contributed by atoms with Gasteiger partial charge in [0.25, 0.3) is 5.91 Å². The minimum Gasteiger partial charge on any atom is -0.331 e. The van der Waals surface area contributed by atoms with Gasteiger partial charge >= 0.3 is 0 Å². The highest BCUT2D eigenvalue weighted by atomic mass is 127. The Morgan fingerprint density at radius 2 is 2.05 bits per heavy atom. The molecule has 110 valence electrons. The predicted octanol–water partition coefficient (Wildman–Crippen LogP) is 2.99. The van der Waals surface area contributed by atoms with E-state index in [4.69, 9.17) is 0 Å². The van der Waals surface area contributed by atoms with E-state index >= 15 is 0 Å². The maximum absolute atomic E-state index is 12.9. The molecule has 1 amide bonds. The Morgan fingerprint density at radius 3 is 2.85 bits per heavy atom. The number of rotatable bonds is 1. The molecule has 0 saturated carbocycles. The van der Waals surface area contributed by atoms with Gasteiger partial charge in [-0.25, -0.2) is 0 Å². The normalized spacial score (nSPS) is 25.0. The number of nitrogens with one attached hydrogen (secondary N) is 1. The van der Waals surface area contributed by atoms with Crippen LogP contribution in [0, 0.1) is 10.5 Å². The lowest BCUT2D eigenvalue weighted by molar-refractivity contribution is 0.0679. The van der Waals surface area contributed by atoms with E-state index in [0.717, 1.165) is 35.1 Å². The van der Waals surface area contributed by atoms with Gasteiger partial charge in [0.15, 0.2) is 0 Å². The van der Waals surface area contributed by atoms with E-state index in [-0.39, 0.29) is 18.3 Å². The second-order valence-electron chi connectivity index (χ2n) is 5.53. The smallest absolute Gasteiger partial charge is 0.255 e. The first-order chi connectivity index (χ1) is 9.18. The van der Waals surface area contributed by atoms with Crippen LogP contribution in [0.15, 0.2) is 18.2 Å². The molecule has 0 aliphatic carbocycles. The number of amides is 1. The molecule has 2 bridgehead atoms. The summed E-state index contributed by atoms with van der Waals surface area (Å²) in [4.78, 5) is 15.0. The average Bonchev–Trinajstić information content (AvgIpc) is 2.65. The van der Waals surface area contributed by atoms with Crippen LogP contribution < -0.4 is 5.32 Å². The minimum atomic E-state index is 0. The molecule has 2 unspecified atom stereocenters. The molecule has 0 radical (unpaired) electrons. The molecule has 2 atom stereocenters. The first kappa shape index (κ1) is 16.0. The van der Waals surface area contributed by atoms with Crippen molar-refractivity contribution >= 4 is 40.9 Å². The van der Waals surface area contributed by atoms with Crippen LogP contribution in [0.2, 0.25) is 0 Å². The molecule has 5 heteroatoms. The van der Waals surface area contributed by atoms with E-state index in [1.165, 1.54) is 12.0 Å². The van der Waals surface area contributed by atoms with Crippen molar-refractivity contribution in [2.75, 3.05) is 13.1 Å². The fourth-order valence-electron chi connectivity index (χ4n) is 3.27. The van der Waals surface area contributed by atoms with E-state index in [2.05, 4.69) is 45.8 Å². The van der Waals surface area contributed by atoms with Crippen LogP contribution in [-0.2, 0) is 0 Å². The molecule has 2 fully saturated rings. The molecule has 1 aromatic carbocycles. The second kappa shape index (κ2) is 6.62. The van der Waals surface area contributed by atoms with Gasteiger partial charge in [0.05, 0.1) is 5.56 Å². The Hall–Kier alpha value is -0.330. The van der Waals surface area contributed by atoms with Crippen molar-refractivity contribution in [2.45, 2.75) is 38.3 Å². The molecule has 1 N–H and O–H groups in total. The summed E-state index contributed by atoms with van der Waals surface area (Å²) < 4.78 is 1.10. The van der Waals surface area contributed by atoms with E-state index in [1.54, 1.807) is 0 Å². The number of aryl methyl sites for hydroxylation is 1. The molecule has 1 aromatic rings. The SMILES string of the molecule is Cc1cccc(C(=O)N2C3CCNCC2CC3)c1I.Cl. The van der Waals surface area contributed by atoms with Crippen LogP contribution in [0.5, 0.6) is 0 Å². The van der Waals surface area contributed by atoms with Crippen molar-refractivity contribution in [1.29, 1.82) is 0 Å². The van der Waals surface area contributed by atoms with Gasteiger partial charge in [0.1, 0.15) is 0 Å². The summed E-state index contributed by atoms with van der Waals surface area (Å²) in [5, 5.41) is 3.45. The van der Waals surface area contributed by atoms with E-state index in [1.807, 2.05) is 12.1 Å². The number of nitrogens with zero attached hydrogens (tertiary/aromatic N) is 1. The zero-order valence-electron chi connectivity index (χ0n) is 11.6. The summed E-state index contributed by atoms with van der Waals surface area (Å²) in [7, 11) is 0. The summed E-state index contributed by atoms with van der Waals surface area (Å²) in [5.74, 6) is 0.226. The van der Waals surface area contributed by atoms with Gasteiger partial charge in [0, 0.05) is 22.2 Å². The third-order valence-corrected chi connectivity index (χ3v) is 5.74. The van der Waals surface area contributed by atoms with Crippen molar-refractivity contribution in [3.8, 4) is 0 Å². The Bertz CT molecular complexity index is 495. The summed E-state index contributed by atoms with van der Waals surface area (Å²) in [5.41, 5.74) is 2.06. The fraction of sp³-hybridized carbons (Fsp3) is 0.533. The van der Waals surface area contributed by atoms with Gasteiger partial charge in [-0.05, 0) is 67.0 Å². The second-order valence-corrected chi connectivity index (χ2v) is 6.61. The molecule has 2 aliphatic rings. The van der Waals surface area contributed by atoms with Crippen molar-refractivity contribution in [3.63, 3.8) is 0 Å². The van der Waals surface area contributed by atoms with Gasteiger partial charge in [-0.3, -0.25) is 4.79 Å². The van der Waals surface area contributed by atoms with Crippen LogP contribution >= 0.6 is 35.0 Å². The molecule has 0 aromatic heterocycles. The Morgan fingerprint density at radius 1 is 1.30 bits per heavy atom. The molecule has 2 aliphatic heterocycles. The van der Waals surface area contributed by atoms with Crippen molar-refractivity contribution in [3.05, 3.63) is 32.9 Å². The molecule has 0 spiro atoms. The number of carbonyl (C=O) groups excluding carboxylic acids is 1. The molecule has 2 saturated heterocycles. The highest BCUT2D eigenvalue weighted by Gasteiger charge is 2.38. The van der Waals surface area contributed by atoms with Crippen molar-refractivity contribution in [2.24, 2.45) is 0 Å². The van der Waals surface area contributed by atoms with Crippen LogP contribution in [0.25, 0.3) is 0 Å². The lowest BCUT2D eigenvalue weighted by Crippen LogP contribution is -2.42. The van der Waals surface area contributed by atoms with E-state index in [0.29, 0.717) is 12.1 Å². The van der Waals surface area contributed by atoms with Gasteiger partial charge in [-0.15, -0.1) is 12.4 Å². The summed E-state index contributed by atoms with van der Waals surface area (Å²) in [6, 6.07) is 6.84. The van der Waals surface area contributed by atoms with Gasteiger partial charge < -0.3 is 10.2 Å². The standard InChI is InChI=1S/C15H19IN2O.ClH/c1-10-3-2-4-13(14(10)16)15(19)18-11-5-6-12(18)9-17-8-7-11;/h2-4,11-12,17H,5-9H2,1H3;1H. The fourth-order valence-corrected chi connectivity index (χ4v) is 3.86.